The molecule has 2 atom stereocenters. The summed E-state index contributed by atoms with van der Waals surface area (Å²) in [5.41, 5.74) is 1.33. The zero-order valence-corrected chi connectivity index (χ0v) is 15.8. The molecule has 0 saturated heterocycles. The van der Waals surface area contributed by atoms with E-state index in [0.717, 1.165) is 38.4 Å². The van der Waals surface area contributed by atoms with E-state index in [1.165, 1.54) is 5.56 Å². The minimum Gasteiger partial charge on any atom is -0.396 e. The van der Waals surface area contributed by atoms with E-state index in [4.69, 9.17) is 4.99 Å². The molecule has 0 spiro atoms. The van der Waals surface area contributed by atoms with Crippen LogP contribution < -0.4 is 10.6 Å². The van der Waals surface area contributed by atoms with Crippen LogP contribution in [0.3, 0.4) is 0 Å². The van der Waals surface area contributed by atoms with Crippen LogP contribution in [0.5, 0.6) is 0 Å². The number of hydrogen-bond donors (Lipinski definition) is 3. The Morgan fingerprint density at radius 2 is 1.83 bits per heavy atom. The van der Waals surface area contributed by atoms with Gasteiger partial charge in [-0.15, -0.1) is 0 Å². The van der Waals surface area contributed by atoms with Crippen molar-refractivity contribution in [1.29, 1.82) is 0 Å². The molecule has 0 aromatic heterocycles. The van der Waals surface area contributed by atoms with Crippen LogP contribution in [0.2, 0.25) is 0 Å². The lowest BCUT2D eigenvalue weighted by molar-refractivity contribution is 0.245. The molecule has 0 heterocycles. The molecule has 1 aromatic carbocycles. The Bertz CT molecular complexity index is 459. The van der Waals surface area contributed by atoms with Crippen molar-refractivity contribution in [2.75, 3.05) is 26.2 Å². The number of aliphatic hydroxyl groups is 1. The van der Waals surface area contributed by atoms with Gasteiger partial charge in [0.25, 0.3) is 0 Å². The van der Waals surface area contributed by atoms with Crippen molar-refractivity contribution in [3.05, 3.63) is 35.9 Å². The second kappa shape index (κ2) is 11.9. The van der Waals surface area contributed by atoms with Crippen LogP contribution in [0.25, 0.3) is 0 Å². The summed E-state index contributed by atoms with van der Waals surface area (Å²) in [5.74, 6) is 2.37. The van der Waals surface area contributed by atoms with Crippen molar-refractivity contribution in [3.63, 3.8) is 0 Å². The zero-order valence-electron chi connectivity index (χ0n) is 15.8. The van der Waals surface area contributed by atoms with E-state index < -0.39 is 0 Å². The van der Waals surface area contributed by atoms with Gasteiger partial charge in [0.2, 0.25) is 0 Å². The minimum atomic E-state index is 0.238. The molecule has 0 aliphatic rings. The lowest BCUT2D eigenvalue weighted by atomic mass is 9.94. The number of nitrogens with zero attached hydrogens (tertiary/aromatic N) is 1. The van der Waals surface area contributed by atoms with Crippen molar-refractivity contribution in [2.45, 2.75) is 46.5 Å². The van der Waals surface area contributed by atoms with Crippen LogP contribution in [0.15, 0.2) is 35.3 Å². The highest BCUT2D eigenvalue weighted by Crippen LogP contribution is 2.16. The van der Waals surface area contributed by atoms with Gasteiger partial charge in [0.15, 0.2) is 5.96 Å². The average Bonchev–Trinajstić information content (AvgIpc) is 2.57. The Labute approximate surface area is 147 Å². The largest absolute Gasteiger partial charge is 0.396 e. The fourth-order valence-electron chi connectivity index (χ4n) is 2.84. The molecule has 0 saturated carbocycles. The van der Waals surface area contributed by atoms with Crippen LogP contribution in [-0.2, 0) is 0 Å². The van der Waals surface area contributed by atoms with Gasteiger partial charge in [0, 0.05) is 26.2 Å². The molecule has 0 aliphatic carbocycles. The van der Waals surface area contributed by atoms with Gasteiger partial charge in [-0.1, -0.05) is 51.1 Å². The zero-order chi connectivity index (χ0) is 17.8. The third-order valence-electron chi connectivity index (χ3n) is 4.14. The van der Waals surface area contributed by atoms with E-state index in [9.17, 15) is 5.11 Å². The molecule has 0 amide bonds. The number of aliphatic imine (C=N–C) groups is 1. The van der Waals surface area contributed by atoms with Crippen molar-refractivity contribution in [3.8, 4) is 0 Å². The highest BCUT2D eigenvalue weighted by molar-refractivity contribution is 5.79. The minimum absolute atomic E-state index is 0.238. The van der Waals surface area contributed by atoms with Crippen LogP contribution >= 0.6 is 0 Å². The third kappa shape index (κ3) is 8.34. The average molecular weight is 334 g/mol. The number of aliphatic hydroxyl groups excluding tert-OH is 1. The first kappa shape index (κ1) is 20.5. The molecular weight excluding hydrogens is 298 g/mol. The standard InChI is InChI=1S/C20H35N3O/c1-5-21-20(23-15-18(11-12-24)13-16(2)3)22-14-17(4)19-9-7-6-8-10-19/h6-10,16-18,24H,5,11-15H2,1-4H3,(H2,21,22,23). The quantitative estimate of drug-likeness (QED) is 0.454. The SMILES string of the molecule is CCNC(=NCC(CCO)CC(C)C)NCC(C)c1ccccc1. The Morgan fingerprint density at radius 3 is 2.42 bits per heavy atom. The van der Waals surface area contributed by atoms with Gasteiger partial charge in [-0.25, -0.2) is 0 Å². The summed E-state index contributed by atoms with van der Waals surface area (Å²) in [6.45, 7) is 11.4. The molecule has 0 fully saturated rings. The fourth-order valence-corrected chi connectivity index (χ4v) is 2.84. The van der Waals surface area contributed by atoms with E-state index in [1.54, 1.807) is 0 Å². The summed E-state index contributed by atoms with van der Waals surface area (Å²) in [5, 5.41) is 16.0. The van der Waals surface area contributed by atoms with Crippen molar-refractivity contribution >= 4 is 5.96 Å². The maximum absolute atomic E-state index is 9.24. The van der Waals surface area contributed by atoms with Crippen LogP contribution in [0, 0.1) is 11.8 Å². The molecule has 1 aromatic rings. The van der Waals surface area contributed by atoms with Gasteiger partial charge in [0.1, 0.15) is 0 Å². The number of guanidine groups is 1. The lowest BCUT2D eigenvalue weighted by Crippen LogP contribution is -2.39. The first-order valence-electron chi connectivity index (χ1n) is 9.24. The van der Waals surface area contributed by atoms with Gasteiger partial charge in [-0.05, 0) is 43.1 Å². The Hall–Kier alpha value is -1.55. The molecular formula is C20H35N3O. The molecule has 2 unspecified atom stereocenters. The Morgan fingerprint density at radius 1 is 1.12 bits per heavy atom. The Kier molecular flexibility index (Phi) is 10.2. The summed E-state index contributed by atoms with van der Waals surface area (Å²) in [7, 11) is 0. The van der Waals surface area contributed by atoms with Crippen molar-refractivity contribution in [2.24, 2.45) is 16.8 Å². The number of benzene rings is 1. The number of hydrogen-bond acceptors (Lipinski definition) is 2. The van der Waals surface area contributed by atoms with Crippen molar-refractivity contribution in [1.82, 2.24) is 10.6 Å². The molecule has 24 heavy (non-hydrogen) atoms. The predicted molar refractivity (Wildman–Crippen MR) is 103 cm³/mol. The highest BCUT2D eigenvalue weighted by Gasteiger charge is 2.11. The summed E-state index contributed by atoms with van der Waals surface area (Å²) in [4.78, 5) is 4.73. The molecule has 0 radical (unpaired) electrons. The number of rotatable bonds is 10. The first-order valence-corrected chi connectivity index (χ1v) is 9.24. The van der Waals surface area contributed by atoms with E-state index in [2.05, 4.69) is 62.6 Å². The monoisotopic (exact) mass is 333 g/mol. The lowest BCUT2D eigenvalue weighted by Gasteiger charge is -2.19. The van der Waals surface area contributed by atoms with Crippen LogP contribution in [-0.4, -0.2) is 37.3 Å². The summed E-state index contributed by atoms with van der Waals surface area (Å²) < 4.78 is 0. The van der Waals surface area contributed by atoms with E-state index >= 15 is 0 Å². The second-order valence-electron chi connectivity index (χ2n) is 6.92. The second-order valence-corrected chi connectivity index (χ2v) is 6.92. The van der Waals surface area contributed by atoms with Gasteiger partial charge >= 0.3 is 0 Å². The van der Waals surface area contributed by atoms with Crippen LogP contribution in [0.1, 0.15) is 52.0 Å². The molecule has 0 aliphatic heterocycles. The van der Waals surface area contributed by atoms with E-state index in [0.29, 0.717) is 17.8 Å². The predicted octanol–water partition coefficient (Wildman–Crippen LogP) is 3.39. The molecule has 4 nitrogen and oxygen atoms in total. The first-order chi connectivity index (χ1) is 11.6. The van der Waals surface area contributed by atoms with E-state index in [1.807, 2.05) is 6.07 Å². The third-order valence-corrected chi connectivity index (χ3v) is 4.14. The molecule has 0 bridgehead atoms. The topological polar surface area (TPSA) is 56.7 Å². The fraction of sp³-hybridized carbons (Fsp3) is 0.650. The number of nitrogens with one attached hydrogen (secondary N) is 2. The van der Waals surface area contributed by atoms with Crippen molar-refractivity contribution < 1.29 is 5.11 Å². The van der Waals surface area contributed by atoms with E-state index in [-0.39, 0.29) is 6.61 Å². The molecule has 3 N–H and O–H groups in total. The highest BCUT2D eigenvalue weighted by atomic mass is 16.3. The van der Waals surface area contributed by atoms with Gasteiger partial charge < -0.3 is 15.7 Å². The summed E-state index contributed by atoms with van der Waals surface area (Å²) in [6.07, 6.45) is 1.92. The normalized spacial score (nSPS) is 14.5. The smallest absolute Gasteiger partial charge is 0.191 e. The summed E-state index contributed by atoms with van der Waals surface area (Å²) in [6, 6.07) is 10.5. The van der Waals surface area contributed by atoms with Gasteiger partial charge in [0.05, 0.1) is 0 Å². The molecule has 4 heteroatoms. The van der Waals surface area contributed by atoms with Crippen LogP contribution in [0.4, 0.5) is 0 Å². The maximum atomic E-state index is 9.24. The Balaban J connectivity index is 2.57. The van der Waals surface area contributed by atoms with Gasteiger partial charge in [-0.3, -0.25) is 4.99 Å². The molecule has 136 valence electrons. The maximum Gasteiger partial charge on any atom is 0.191 e. The van der Waals surface area contributed by atoms with Gasteiger partial charge in [-0.2, -0.15) is 0 Å². The molecule has 1 rings (SSSR count). The summed E-state index contributed by atoms with van der Waals surface area (Å²) >= 11 is 0.